The molecule has 2 atom stereocenters. The second-order valence-corrected chi connectivity index (χ2v) is 7.03. The number of aryl methyl sites for hydroxylation is 1. The van der Waals surface area contributed by atoms with Gasteiger partial charge in [-0.15, -0.1) is 0 Å². The number of nitrogens with zero attached hydrogens (tertiary/aromatic N) is 4. The van der Waals surface area contributed by atoms with E-state index in [1.54, 1.807) is 10.7 Å². The fourth-order valence-electron chi connectivity index (χ4n) is 3.82. The van der Waals surface area contributed by atoms with Gasteiger partial charge >= 0.3 is 0 Å². The SMILES string of the molecule is CN(C)C[C@H]1CO[C@@]2(CCCN(C(=O)c3ccn(C)n3)C2)C1. The molecule has 2 saturated heterocycles. The normalized spacial score (nSPS) is 28.7. The summed E-state index contributed by atoms with van der Waals surface area (Å²) in [5, 5.41) is 4.23. The van der Waals surface area contributed by atoms with Crippen LogP contribution in [0.4, 0.5) is 0 Å². The van der Waals surface area contributed by atoms with Crippen LogP contribution in [0.2, 0.25) is 0 Å². The Bertz CT molecular complexity index is 542. The van der Waals surface area contributed by atoms with E-state index in [-0.39, 0.29) is 11.5 Å². The van der Waals surface area contributed by atoms with E-state index in [0.29, 0.717) is 18.2 Å². The molecule has 2 fully saturated rings. The number of carbonyl (C=O) groups is 1. The predicted octanol–water partition coefficient (Wildman–Crippen LogP) is 0.993. The summed E-state index contributed by atoms with van der Waals surface area (Å²) in [6, 6.07) is 1.79. The molecule has 3 rings (SSSR count). The Morgan fingerprint density at radius 2 is 2.36 bits per heavy atom. The molecule has 3 heterocycles. The quantitative estimate of drug-likeness (QED) is 0.836. The number of piperidine rings is 1. The van der Waals surface area contributed by atoms with E-state index in [2.05, 4.69) is 24.1 Å². The second kappa shape index (κ2) is 6.01. The van der Waals surface area contributed by atoms with Crippen LogP contribution < -0.4 is 0 Å². The van der Waals surface area contributed by atoms with Crippen LogP contribution in [0.5, 0.6) is 0 Å². The lowest BCUT2D eigenvalue weighted by Crippen LogP contribution is -2.50. The van der Waals surface area contributed by atoms with Gasteiger partial charge in [0.25, 0.3) is 5.91 Å². The molecule has 1 amide bonds. The largest absolute Gasteiger partial charge is 0.373 e. The third-order valence-electron chi connectivity index (χ3n) is 4.67. The molecule has 2 aliphatic heterocycles. The molecular formula is C16H26N4O2. The molecular weight excluding hydrogens is 280 g/mol. The summed E-state index contributed by atoms with van der Waals surface area (Å²) in [5.74, 6) is 0.597. The highest BCUT2D eigenvalue weighted by Gasteiger charge is 2.44. The summed E-state index contributed by atoms with van der Waals surface area (Å²) in [4.78, 5) is 16.7. The van der Waals surface area contributed by atoms with Gasteiger partial charge in [-0.1, -0.05) is 0 Å². The Morgan fingerprint density at radius 1 is 1.55 bits per heavy atom. The number of carbonyl (C=O) groups excluding carboxylic acids is 1. The van der Waals surface area contributed by atoms with E-state index in [0.717, 1.165) is 39.0 Å². The lowest BCUT2D eigenvalue weighted by atomic mass is 9.86. The van der Waals surface area contributed by atoms with E-state index >= 15 is 0 Å². The summed E-state index contributed by atoms with van der Waals surface area (Å²) in [6.45, 7) is 3.37. The van der Waals surface area contributed by atoms with Crippen molar-refractivity contribution in [1.82, 2.24) is 19.6 Å². The van der Waals surface area contributed by atoms with Crippen molar-refractivity contribution >= 4 is 5.91 Å². The van der Waals surface area contributed by atoms with Gasteiger partial charge in [0, 0.05) is 26.3 Å². The van der Waals surface area contributed by atoms with Crippen LogP contribution in [0.1, 0.15) is 29.8 Å². The highest BCUT2D eigenvalue weighted by Crippen LogP contribution is 2.37. The summed E-state index contributed by atoms with van der Waals surface area (Å²) in [5.41, 5.74) is 0.394. The van der Waals surface area contributed by atoms with Crippen molar-refractivity contribution in [3.63, 3.8) is 0 Å². The van der Waals surface area contributed by atoms with Gasteiger partial charge < -0.3 is 14.5 Å². The molecule has 0 aromatic carbocycles. The summed E-state index contributed by atoms with van der Waals surface area (Å²) in [7, 11) is 6.03. The molecule has 0 saturated carbocycles. The summed E-state index contributed by atoms with van der Waals surface area (Å²) in [6.07, 6.45) is 4.93. The molecule has 0 N–H and O–H groups in total. The molecule has 22 heavy (non-hydrogen) atoms. The van der Waals surface area contributed by atoms with Crippen molar-refractivity contribution in [3.8, 4) is 0 Å². The third-order valence-corrected chi connectivity index (χ3v) is 4.67. The van der Waals surface area contributed by atoms with Crippen LogP contribution in [0.3, 0.4) is 0 Å². The smallest absolute Gasteiger partial charge is 0.274 e. The number of ether oxygens (including phenoxy) is 1. The number of aromatic nitrogens is 2. The fraction of sp³-hybridized carbons (Fsp3) is 0.750. The van der Waals surface area contributed by atoms with Crippen LogP contribution in [0, 0.1) is 5.92 Å². The highest BCUT2D eigenvalue weighted by molar-refractivity contribution is 5.92. The van der Waals surface area contributed by atoms with Gasteiger partial charge in [-0.05, 0) is 45.3 Å². The Balaban J connectivity index is 1.66. The lowest BCUT2D eigenvalue weighted by molar-refractivity contribution is -0.0451. The molecule has 1 aromatic heterocycles. The van der Waals surface area contributed by atoms with Gasteiger partial charge in [-0.3, -0.25) is 9.48 Å². The Labute approximate surface area is 132 Å². The zero-order valence-corrected chi connectivity index (χ0v) is 13.8. The lowest BCUT2D eigenvalue weighted by Gasteiger charge is -2.39. The maximum atomic E-state index is 12.6. The Hall–Kier alpha value is -1.40. The van der Waals surface area contributed by atoms with Crippen LogP contribution >= 0.6 is 0 Å². The molecule has 6 heteroatoms. The van der Waals surface area contributed by atoms with Crippen molar-refractivity contribution in [1.29, 1.82) is 0 Å². The fourth-order valence-corrected chi connectivity index (χ4v) is 3.82. The average Bonchev–Trinajstić information content (AvgIpc) is 3.05. The van der Waals surface area contributed by atoms with Gasteiger partial charge in [0.1, 0.15) is 5.69 Å². The van der Waals surface area contributed by atoms with E-state index in [4.69, 9.17) is 4.74 Å². The molecule has 122 valence electrons. The maximum Gasteiger partial charge on any atom is 0.274 e. The van der Waals surface area contributed by atoms with Crippen LogP contribution in [-0.4, -0.2) is 71.4 Å². The van der Waals surface area contributed by atoms with Crippen LogP contribution in [-0.2, 0) is 11.8 Å². The molecule has 0 radical (unpaired) electrons. The maximum absolute atomic E-state index is 12.6. The van der Waals surface area contributed by atoms with Crippen molar-refractivity contribution in [3.05, 3.63) is 18.0 Å². The standard InChI is InChI=1S/C16H26N4O2/c1-18(2)10-13-9-16(22-11-13)6-4-7-20(12-16)15(21)14-5-8-19(3)17-14/h5,8,13H,4,6-7,9-12H2,1-3H3/t13-,16-/m0/s1. The minimum atomic E-state index is -0.136. The first-order chi connectivity index (χ1) is 10.5. The van der Waals surface area contributed by atoms with Crippen LogP contribution in [0.15, 0.2) is 12.3 Å². The number of hydrogen-bond acceptors (Lipinski definition) is 4. The molecule has 0 unspecified atom stereocenters. The van der Waals surface area contributed by atoms with Crippen molar-refractivity contribution < 1.29 is 9.53 Å². The van der Waals surface area contributed by atoms with Crippen LogP contribution in [0.25, 0.3) is 0 Å². The minimum absolute atomic E-state index is 0.0272. The van der Waals surface area contributed by atoms with Gasteiger partial charge in [-0.25, -0.2) is 0 Å². The van der Waals surface area contributed by atoms with Crippen molar-refractivity contribution in [2.75, 3.05) is 40.3 Å². The number of amides is 1. The first-order valence-corrected chi connectivity index (χ1v) is 8.05. The Kier molecular flexibility index (Phi) is 4.23. The van der Waals surface area contributed by atoms with Gasteiger partial charge in [0.05, 0.1) is 18.8 Å². The van der Waals surface area contributed by atoms with E-state index in [1.165, 1.54) is 0 Å². The van der Waals surface area contributed by atoms with Gasteiger partial charge in [0.15, 0.2) is 0 Å². The molecule has 2 aliphatic rings. The van der Waals surface area contributed by atoms with Gasteiger partial charge in [0.2, 0.25) is 0 Å². The minimum Gasteiger partial charge on any atom is -0.373 e. The summed E-state index contributed by atoms with van der Waals surface area (Å²) >= 11 is 0. The molecule has 0 aliphatic carbocycles. The third kappa shape index (κ3) is 3.17. The molecule has 6 nitrogen and oxygen atoms in total. The number of likely N-dealkylation sites (tertiary alicyclic amines) is 1. The molecule has 1 aromatic rings. The number of rotatable bonds is 3. The average molecular weight is 306 g/mol. The molecule has 0 bridgehead atoms. The Morgan fingerprint density at radius 3 is 3.05 bits per heavy atom. The van der Waals surface area contributed by atoms with E-state index < -0.39 is 0 Å². The van der Waals surface area contributed by atoms with Crippen molar-refractivity contribution in [2.45, 2.75) is 24.9 Å². The predicted molar refractivity (Wildman–Crippen MR) is 83.7 cm³/mol. The number of hydrogen-bond donors (Lipinski definition) is 0. The first-order valence-electron chi connectivity index (χ1n) is 8.05. The highest BCUT2D eigenvalue weighted by atomic mass is 16.5. The zero-order valence-electron chi connectivity index (χ0n) is 13.8. The zero-order chi connectivity index (χ0) is 15.7. The van der Waals surface area contributed by atoms with E-state index in [9.17, 15) is 4.79 Å². The first kappa shape index (κ1) is 15.5. The van der Waals surface area contributed by atoms with Gasteiger partial charge in [-0.2, -0.15) is 5.10 Å². The van der Waals surface area contributed by atoms with Crippen molar-refractivity contribution in [2.24, 2.45) is 13.0 Å². The molecule has 1 spiro atoms. The summed E-state index contributed by atoms with van der Waals surface area (Å²) < 4.78 is 7.84. The monoisotopic (exact) mass is 306 g/mol. The topological polar surface area (TPSA) is 50.6 Å². The second-order valence-electron chi connectivity index (χ2n) is 7.03. The van der Waals surface area contributed by atoms with E-state index in [1.807, 2.05) is 18.1 Å².